The van der Waals surface area contributed by atoms with E-state index in [1.165, 1.54) is 18.2 Å². The van der Waals surface area contributed by atoms with E-state index in [-0.39, 0.29) is 18.1 Å². The van der Waals surface area contributed by atoms with Gasteiger partial charge in [-0.3, -0.25) is 0 Å². The minimum absolute atomic E-state index is 0.135. The van der Waals surface area contributed by atoms with Crippen molar-refractivity contribution in [1.29, 1.82) is 0 Å². The lowest BCUT2D eigenvalue weighted by Crippen LogP contribution is -2.18. The number of ether oxygens (including phenoxy) is 4. The summed E-state index contributed by atoms with van der Waals surface area (Å²) in [4.78, 5) is 24.0. The lowest BCUT2D eigenvalue weighted by Gasteiger charge is -2.30. The summed E-state index contributed by atoms with van der Waals surface area (Å²) < 4.78 is 21.6. The van der Waals surface area contributed by atoms with Crippen molar-refractivity contribution in [2.75, 3.05) is 33.5 Å². The Hall–Kier alpha value is -3.22. The summed E-state index contributed by atoms with van der Waals surface area (Å²) in [6, 6.07) is 14.5. The molecule has 0 N–H and O–H groups in total. The van der Waals surface area contributed by atoms with Gasteiger partial charge >= 0.3 is 11.9 Å². The molecule has 1 saturated carbocycles. The van der Waals surface area contributed by atoms with Gasteiger partial charge < -0.3 is 18.9 Å². The van der Waals surface area contributed by atoms with Crippen molar-refractivity contribution in [2.24, 2.45) is 5.92 Å². The topological polar surface area (TPSA) is 71.1 Å². The highest BCUT2D eigenvalue weighted by molar-refractivity contribution is 5.90. The summed E-state index contributed by atoms with van der Waals surface area (Å²) in [7, 11) is 1.52. The van der Waals surface area contributed by atoms with Gasteiger partial charge in [-0.15, -0.1) is 0 Å². The molecular weight excluding hydrogens is 492 g/mol. The molecule has 0 aliphatic heterocycles. The Morgan fingerprint density at radius 2 is 1.69 bits per heavy atom. The molecule has 0 amide bonds. The van der Waals surface area contributed by atoms with Gasteiger partial charge in [0, 0.05) is 25.9 Å². The summed E-state index contributed by atoms with van der Waals surface area (Å²) in [5, 5.41) is 0. The second-order valence-corrected chi connectivity index (χ2v) is 10.3. The van der Waals surface area contributed by atoms with Crippen molar-refractivity contribution >= 4 is 11.9 Å². The molecule has 1 aliphatic carbocycles. The number of aryl methyl sites for hydroxylation is 1. The predicted molar refractivity (Wildman–Crippen MR) is 154 cm³/mol. The van der Waals surface area contributed by atoms with E-state index in [2.05, 4.69) is 43.5 Å². The third-order valence-electron chi connectivity index (χ3n) is 7.14. The smallest absolute Gasteiger partial charge is 0.341 e. The molecule has 6 heteroatoms. The molecule has 2 aromatic carbocycles. The van der Waals surface area contributed by atoms with Crippen LogP contribution in [0.1, 0.15) is 63.0 Å². The van der Waals surface area contributed by atoms with E-state index < -0.39 is 5.97 Å². The molecule has 0 atom stereocenters. The third-order valence-corrected chi connectivity index (χ3v) is 7.14. The standard InChI is InChI=1S/C33H42O6/c1-6-37-22-26-11-15-28(16-12-26)31-20-29(39-33(35)24(4)21-36-5)17-18-30(31)27-13-9-25(10-14-27)8-7-19-38-32(34)23(2)3/h9-10,13-14,17-18,20,26,28H,2,4,6-8,11-12,15-16,19,21-22H2,1,3,5H3. The summed E-state index contributed by atoms with van der Waals surface area (Å²) in [6.07, 6.45) is 5.95. The van der Waals surface area contributed by atoms with Gasteiger partial charge in [0.05, 0.1) is 18.8 Å². The van der Waals surface area contributed by atoms with Gasteiger partial charge in [0.1, 0.15) is 5.75 Å². The Morgan fingerprint density at radius 3 is 2.33 bits per heavy atom. The fraction of sp³-hybridized carbons (Fsp3) is 0.455. The number of hydrogen-bond donors (Lipinski definition) is 0. The molecule has 0 unspecified atom stereocenters. The van der Waals surface area contributed by atoms with E-state index in [0.29, 0.717) is 29.8 Å². The van der Waals surface area contributed by atoms with Crippen molar-refractivity contribution in [1.82, 2.24) is 0 Å². The molecule has 0 saturated heterocycles. The number of methoxy groups -OCH3 is 1. The van der Waals surface area contributed by atoms with Gasteiger partial charge in [0.2, 0.25) is 0 Å². The highest BCUT2D eigenvalue weighted by Crippen LogP contribution is 2.41. The molecule has 1 aliphatic rings. The Kier molecular flexibility index (Phi) is 12.0. The van der Waals surface area contributed by atoms with E-state index in [0.717, 1.165) is 62.9 Å². The zero-order chi connectivity index (χ0) is 28.2. The second-order valence-electron chi connectivity index (χ2n) is 10.3. The van der Waals surface area contributed by atoms with Crippen LogP contribution in [-0.2, 0) is 30.2 Å². The zero-order valence-electron chi connectivity index (χ0n) is 23.6. The van der Waals surface area contributed by atoms with Gasteiger partial charge in [0.15, 0.2) is 0 Å². The molecule has 0 heterocycles. The van der Waals surface area contributed by atoms with Crippen molar-refractivity contribution in [3.8, 4) is 16.9 Å². The highest BCUT2D eigenvalue weighted by Gasteiger charge is 2.25. The monoisotopic (exact) mass is 534 g/mol. The first-order valence-electron chi connectivity index (χ1n) is 13.8. The molecule has 6 nitrogen and oxygen atoms in total. The van der Waals surface area contributed by atoms with Gasteiger partial charge in [-0.25, -0.2) is 9.59 Å². The molecular formula is C33H42O6. The van der Waals surface area contributed by atoms with Crippen molar-refractivity contribution in [2.45, 2.75) is 58.3 Å². The molecule has 0 radical (unpaired) electrons. The minimum atomic E-state index is -0.478. The summed E-state index contributed by atoms with van der Waals surface area (Å²) in [6.45, 7) is 13.1. The van der Waals surface area contributed by atoms with Gasteiger partial charge in [-0.05, 0) is 98.6 Å². The van der Waals surface area contributed by atoms with Gasteiger partial charge in [0.25, 0.3) is 0 Å². The van der Waals surface area contributed by atoms with Crippen LogP contribution in [0.3, 0.4) is 0 Å². The van der Waals surface area contributed by atoms with Crippen LogP contribution in [0.2, 0.25) is 0 Å². The van der Waals surface area contributed by atoms with E-state index in [1.807, 2.05) is 19.1 Å². The van der Waals surface area contributed by atoms with Gasteiger partial charge in [-0.1, -0.05) is 43.5 Å². The van der Waals surface area contributed by atoms with Crippen LogP contribution < -0.4 is 4.74 Å². The Labute approximate surface area is 233 Å². The Bertz CT molecular complexity index is 1130. The normalized spacial score (nSPS) is 16.9. The molecule has 1 fully saturated rings. The van der Waals surface area contributed by atoms with Gasteiger partial charge in [-0.2, -0.15) is 0 Å². The number of rotatable bonds is 14. The SMILES string of the molecule is C=C(C)C(=O)OCCCc1ccc(-c2ccc(OC(=O)C(=C)COC)cc2C2CCC(COCC)CC2)cc1. The predicted octanol–water partition coefficient (Wildman–Crippen LogP) is 6.82. The van der Waals surface area contributed by atoms with E-state index >= 15 is 0 Å². The average Bonchev–Trinajstić information content (AvgIpc) is 2.94. The molecule has 0 spiro atoms. The molecule has 3 rings (SSSR count). The van der Waals surface area contributed by atoms with Crippen LogP contribution in [0.15, 0.2) is 66.8 Å². The largest absolute Gasteiger partial charge is 0.462 e. The zero-order valence-corrected chi connectivity index (χ0v) is 23.6. The van der Waals surface area contributed by atoms with E-state index in [1.54, 1.807) is 6.92 Å². The first-order chi connectivity index (χ1) is 18.8. The van der Waals surface area contributed by atoms with Crippen LogP contribution in [0.4, 0.5) is 0 Å². The quantitative estimate of drug-likeness (QED) is 0.115. The number of benzene rings is 2. The molecule has 2 aromatic rings. The number of esters is 2. The van der Waals surface area contributed by atoms with E-state index in [9.17, 15) is 9.59 Å². The van der Waals surface area contributed by atoms with Crippen LogP contribution in [0.25, 0.3) is 11.1 Å². The van der Waals surface area contributed by atoms with Crippen molar-refractivity contribution in [3.05, 3.63) is 77.9 Å². The maximum atomic E-state index is 12.5. The number of carbonyl (C=O) groups excluding carboxylic acids is 2. The Morgan fingerprint density at radius 1 is 0.974 bits per heavy atom. The molecule has 39 heavy (non-hydrogen) atoms. The molecule has 210 valence electrons. The summed E-state index contributed by atoms with van der Waals surface area (Å²) in [5.41, 5.74) is 5.36. The molecule has 0 bridgehead atoms. The first-order valence-corrected chi connectivity index (χ1v) is 13.8. The maximum absolute atomic E-state index is 12.5. The van der Waals surface area contributed by atoms with Crippen LogP contribution in [0.5, 0.6) is 5.75 Å². The fourth-order valence-electron chi connectivity index (χ4n) is 4.96. The van der Waals surface area contributed by atoms with Crippen molar-refractivity contribution < 1.29 is 28.5 Å². The van der Waals surface area contributed by atoms with Crippen LogP contribution in [0, 0.1) is 5.92 Å². The summed E-state index contributed by atoms with van der Waals surface area (Å²) in [5.74, 6) is 0.669. The molecule has 0 aromatic heterocycles. The second kappa shape index (κ2) is 15.4. The highest BCUT2D eigenvalue weighted by atomic mass is 16.5. The van der Waals surface area contributed by atoms with Crippen molar-refractivity contribution in [3.63, 3.8) is 0 Å². The van der Waals surface area contributed by atoms with Crippen LogP contribution >= 0.6 is 0 Å². The summed E-state index contributed by atoms with van der Waals surface area (Å²) >= 11 is 0. The maximum Gasteiger partial charge on any atom is 0.341 e. The lowest BCUT2D eigenvalue weighted by atomic mass is 9.77. The fourth-order valence-corrected chi connectivity index (χ4v) is 4.96. The minimum Gasteiger partial charge on any atom is -0.462 e. The Balaban J connectivity index is 1.76. The average molecular weight is 535 g/mol. The number of carbonyl (C=O) groups is 2. The van der Waals surface area contributed by atoms with Crippen LogP contribution in [-0.4, -0.2) is 45.5 Å². The van der Waals surface area contributed by atoms with E-state index in [4.69, 9.17) is 18.9 Å². The number of hydrogen-bond acceptors (Lipinski definition) is 6. The lowest BCUT2D eigenvalue weighted by molar-refractivity contribution is -0.139. The third kappa shape index (κ3) is 9.19. The first kappa shape index (κ1) is 30.3.